The summed E-state index contributed by atoms with van der Waals surface area (Å²) in [5.74, 6) is -0.638. The third-order valence-corrected chi connectivity index (χ3v) is 2.54. The lowest BCUT2D eigenvalue weighted by Gasteiger charge is -2.07. The number of rotatable bonds is 3. The van der Waals surface area contributed by atoms with Crippen molar-refractivity contribution in [2.75, 3.05) is 5.32 Å². The van der Waals surface area contributed by atoms with Gasteiger partial charge >= 0.3 is 0 Å². The van der Waals surface area contributed by atoms with E-state index in [9.17, 15) is 14.5 Å². The quantitative estimate of drug-likeness (QED) is 0.532. The minimum absolute atomic E-state index is 0.0350. The van der Waals surface area contributed by atoms with Crippen LogP contribution in [0.5, 0.6) is 0 Å². The Kier molecular flexibility index (Phi) is 3.77. The number of nitriles is 1. The molecule has 0 saturated carbocycles. The standard InChI is InChI=1S/C12H6ClFN4O2/c13-11-4-8(18(19)20)5-12(17-11)16-10-2-1-7(6-15)3-9(10)14/h1-5H,(H,16,17). The molecule has 2 aromatic rings. The second kappa shape index (κ2) is 5.50. The summed E-state index contributed by atoms with van der Waals surface area (Å²) in [7, 11) is 0. The van der Waals surface area contributed by atoms with Gasteiger partial charge in [0.05, 0.1) is 34.4 Å². The van der Waals surface area contributed by atoms with Gasteiger partial charge in [-0.25, -0.2) is 9.37 Å². The number of nitrogens with one attached hydrogen (secondary N) is 1. The number of hydrogen-bond acceptors (Lipinski definition) is 5. The van der Waals surface area contributed by atoms with Gasteiger partial charge in [-0.1, -0.05) is 11.6 Å². The van der Waals surface area contributed by atoms with Crippen molar-refractivity contribution < 1.29 is 9.31 Å². The molecule has 0 fully saturated rings. The van der Waals surface area contributed by atoms with E-state index >= 15 is 0 Å². The first-order valence-electron chi connectivity index (χ1n) is 5.28. The lowest BCUT2D eigenvalue weighted by atomic mass is 10.2. The molecule has 20 heavy (non-hydrogen) atoms. The van der Waals surface area contributed by atoms with E-state index in [-0.39, 0.29) is 27.9 Å². The maximum absolute atomic E-state index is 13.7. The Morgan fingerprint density at radius 2 is 2.15 bits per heavy atom. The number of nitrogens with zero attached hydrogens (tertiary/aromatic N) is 3. The number of benzene rings is 1. The largest absolute Gasteiger partial charge is 0.338 e. The van der Waals surface area contributed by atoms with Gasteiger partial charge in [-0.15, -0.1) is 0 Å². The van der Waals surface area contributed by atoms with Crippen molar-refractivity contribution in [2.45, 2.75) is 0 Å². The summed E-state index contributed by atoms with van der Waals surface area (Å²) < 4.78 is 13.7. The summed E-state index contributed by atoms with van der Waals surface area (Å²) in [4.78, 5) is 13.9. The Morgan fingerprint density at radius 1 is 1.40 bits per heavy atom. The molecule has 1 aromatic heterocycles. The van der Waals surface area contributed by atoms with Gasteiger partial charge in [0.1, 0.15) is 16.8 Å². The van der Waals surface area contributed by atoms with Crippen molar-refractivity contribution in [2.24, 2.45) is 0 Å². The highest BCUT2D eigenvalue weighted by molar-refractivity contribution is 6.29. The number of hydrogen-bond donors (Lipinski definition) is 1. The van der Waals surface area contributed by atoms with E-state index in [2.05, 4.69) is 10.3 Å². The van der Waals surface area contributed by atoms with Crippen LogP contribution in [0.4, 0.5) is 21.6 Å². The van der Waals surface area contributed by atoms with Crippen molar-refractivity contribution in [3.05, 3.63) is 57.0 Å². The van der Waals surface area contributed by atoms with Crippen LogP contribution in [0, 0.1) is 27.3 Å². The Bertz CT molecular complexity index is 730. The number of pyridine rings is 1. The maximum Gasteiger partial charge on any atom is 0.276 e. The van der Waals surface area contributed by atoms with Crippen LogP contribution in [0.25, 0.3) is 0 Å². The number of aromatic nitrogens is 1. The molecule has 0 bridgehead atoms. The molecule has 0 spiro atoms. The second-order valence-electron chi connectivity index (χ2n) is 3.72. The highest BCUT2D eigenvalue weighted by Gasteiger charge is 2.12. The molecular formula is C12H6ClFN4O2. The van der Waals surface area contributed by atoms with Crippen LogP contribution >= 0.6 is 11.6 Å². The summed E-state index contributed by atoms with van der Waals surface area (Å²) in [6.07, 6.45) is 0. The van der Waals surface area contributed by atoms with E-state index < -0.39 is 10.7 Å². The average Bonchev–Trinajstić information content (AvgIpc) is 2.40. The number of anilines is 2. The predicted molar refractivity (Wildman–Crippen MR) is 70.3 cm³/mol. The highest BCUT2D eigenvalue weighted by atomic mass is 35.5. The highest BCUT2D eigenvalue weighted by Crippen LogP contribution is 2.25. The second-order valence-corrected chi connectivity index (χ2v) is 4.11. The third kappa shape index (κ3) is 2.99. The summed E-state index contributed by atoms with van der Waals surface area (Å²) in [6, 6.07) is 7.80. The molecule has 1 aromatic carbocycles. The van der Waals surface area contributed by atoms with Crippen molar-refractivity contribution in [1.29, 1.82) is 5.26 Å². The van der Waals surface area contributed by atoms with Gasteiger partial charge in [-0.2, -0.15) is 5.26 Å². The molecular weight excluding hydrogens is 287 g/mol. The zero-order chi connectivity index (χ0) is 14.7. The molecule has 0 radical (unpaired) electrons. The van der Waals surface area contributed by atoms with Gasteiger partial charge in [-0.05, 0) is 18.2 Å². The smallest absolute Gasteiger partial charge is 0.276 e. The van der Waals surface area contributed by atoms with Gasteiger partial charge in [0, 0.05) is 0 Å². The van der Waals surface area contributed by atoms with Gasteiger partial charge in [0.25, 0.3) is 5.69 Å². The molecule has 2 rings (SSSR count). The molecule has 6 nitrogen and oxygen atoms in total. The van der Waals surface area contributed by atoms with E-state index in [0.29, 0.717) is 0 Å². The Labute approximate surface area is 117 Å². The Morgan fingerprint density at radius 3 is 2.75 bits per heavy atom. The molecule has 8 heteroatoms. The van der Waals surface area contributed by atoms with Gasteiger partial charge < -0.3 is 5.32 Å². The van der Waals surface area contributed by atoms with E-state index in [1.54, 1.807) is 6.07 Å². The lowest BCUT2D eigenvalue weighted by Crippen LogP contribution is -1.98. The summed E-state index contributed by atoms with van der Waals surface area (Å²) >= 11 is 5.66. The summed E-state index contributed by atoms with van der Waals surface area (Å²) in [6.45, 7) is 0. The van der Waals surface area contributed by atoms with Gasteiger partial charge in [0.2, 0.25) is 0 Å². The normalized spacial score (nSPS) is 9.85. The molecule has 0 atom stereocenters. The van der Waals surface area contributed by atoms with Crippen LogP contribution in [0.1, 0.15) is 5.56 Å². The fraction of sp³-hybridized carbons (Fsp3) is 0. The molecule has 0 amide bonds. The molecule has 1 heterocycles. The van der Waals surface area contributed by atoms with Crippen LogP contribution in [0.3, 0.4) is 0 Å². The van der Waals surface area contributed by atoms with Crippen LogP contribution in [-0.4, -0.2) is 9.91 Å². The molecule has 0 aliphatic rings. The molecule has 0 unspecified atom stereocenters. The minimum atomic E-state index is -0.673. The fourth-order valence-electron chi connectivity index (χ4n) is 1.48. The minimum Gasteiger partial charge on any atom is -0.338 e. The van der Waals surface area contributed by atoms with Crippen LogP contribution < -0.4 is 5.32 Å². The summed E-state index contributed by atoms with van der Waals surface area (Å²) in [5.41, 5.74) is -0.0623. The van der Waals surface area contributed by atoms with E-state index in [4.69, 9.17) is 16.9 Å². The van der Waals surface area contributed by atoms with E-state index in [0.717, 1.165) is 18.2 Å². The Balaban J connectivity index is 2.35. The van der Waals surface area contributed by atoms with Crippen LogP contribution in [0.2, 0.25) is 5.15 Å². The van der Waals surface area contributed by atoms with Gasteiger partial charge in [-0.3, -0.25) is 10.1 Å². The molecule has 0 aliphatic carbocycles. The molecule has 0 aliphatic heterocycles. The Hall–Kier alpha value is -2.72. The van der Waals surface area contributed by atoms with Crippen LogP contribution in [-0.2, 0) is 0 Å². The first kappa shape index (κ1) is 13.7. The van der Waals surface area contributed by atoms with Crippen LogP contribution in [0.15, 0.2) is 30.3 Å². The SMILES string of the molecule is N#Cc1ccc(Nc2cc([N+](=O)[O-])cc(Cl)n2)c(F)c1. The molecule has 0 saturated heterocycles. The molecule has 100 valence electrons. The first-order chi connectivity index (χ1) is 9.49. The fourth-order valence-corrected chi connectivity index (χ4v) is 1.68. The van der Waals surface area contributed by atoms with Crippen molar-refractivity contribution in [1.82, 2.24) is 4.98 Å². The lowest BCUT2D eigenvalue weighted by molar-refractivity contribution is -0.384. The zero-order valence-corrected chi connectivity index (χ0v) is 10.6. The van der Waals surface area contributed by atoms with Crippen molar-refractivity contribution >= 4 is 28.8 Å². The number of nitro groups is 1. The molecule has 1 N–H and O–H groups in total. The zero-order valence-electron chi connectivity index (χ0n) is 9.80. The third-order valence-electron chi connectivity index (χ3n) is 2.35. The first-order valence-corrected chi connectivity index (χ1v) is 5.66. The number of halogens is 2. The van der Waals surface area contributed by atoms with Gasteiger partial charge in [0.15, 0.2) is 0 Å². The summed E-state index contributed by atoms with van der Waals surface area (Å²) in [5, 5.41) is 21.8. The van der Waals surface area contributed by atoms with Crippen molar-refractivity contribution in [3.8, 4) is 6.07 Å². The maximum atomic E-state index is 13.7. The monoisotopic (exact) mass is 292 g/mol. The van der Waals surface area contributed by atoms with Crippen molar-refractivity contribution in [3.63, 3.8) is 0 Å². The topological polar surface area (TPSA) is 91.8 Å². The van der Waals surface area contributed by atoms with E-state index in [1.807, 2.05) is 0 Å². The average molecular weight is 293 g/mol. The van der Waals surface area contributed by atoms with E-state index in [1.165, 1.54) is 12.1 Å². The predicted octanol–water partition coefficient (Wildman–Crippen LogP) is 3.40.